The van der Waals surface area contributed by atoms with Crippen LogP contribution in [0.15, 0.2) is 6.20 Å². The van der Waals surface area contributed by atoms with Gasteiger partial charge in [-0.05, 0) is 6.92 Å². The average Bonchev–Trinajstić information content (AvgIpc) is 2.19. The molecule has 0 aliphatic rings. The molecule has 0 radical (unpaired) electrons. The molecular formula is C9H16N4O2S. The SMILES string of the molecule is CNc1ncc(C)c(NCCS(C)(=O)=O)n1. The highest BCUT2D eigenvalue weighted by Gasteiger charge is 2.05. The molecule has 1 aromatic heterocycles. The number of rotatable bonds is 5. The van der Waals surface area contributed by atoms with Crippen LogP contribution in [0.5, 0.6) is 0 Å². The summed E-state index contributed by atoms with van der Waals surface area (Å²) in [6.07, 6.45) is 2.89. The van der Waals surface area contributed by atoms with Crippen molar-refractivity contribution in [3.63, 3.8) is 0 Å². The number of hydrogen-bond acceptors (Lipinski definition) is 6. The highest BCUT2D eigenvalue weighted by atomic mass is 32.2. The third kappa shape index (κ3) is 4.01. The predicted molar refractivity (Wildman–Crippen MR) is 64.5 cm³/mol. The standard InChI is InChI=1S/C9H16N4O2S/c1-7-6-12-9(10-2)13-8(7)11-4-5-16(3,14)15/h6H,4-5H2,1-3H3,(H2,10,11,12,13). The molecule has 1 aromatic rings. The summed E-state index contributed by atoms with van der Waals surface area (Å²) in [5.74, 6) is 1.25. The van der Waals surface area contributed by atoms with E-state index in [1.54, 1.807) is 13.2 Å². The second-order valence-corrected chi connectivity index (χ2v) is 5.79. The van der Waals surface area contributed by atoms with E-state index in [4.69, 9.17) is 0 Å². The molecule has 0 aliphatic heterocycles. The van der Waals surface area contributed by atoms with E-state index in [0.29, 0.717) is 18.3 Å². The molecule has 6 nitrogen and oxygen atoms in total. The van der Waals surface area contributed by atoms with E-state index in [2.05, 4.69) is 20.6 Å². The molecule has 7 heteroatoms. The fraction of sp³-hybridized carbons (Fsp3) is 0.556. The minimum Gasteiger partial charge on any atom is -0.369 e. The summed E-state index contributed by atoms with van der Waals surface area (Å²) >= 11 is 0. The summed E-state index contributed by atoms with van der Waals surface area (Å²) in [6.45, 7) is 2.21. The van der Waals surface area contributed by atoms with Gasteiger partial charge in [-0.2, -0.15) is 4.98 Å². The van der Waals surface area contributed by atoms with Crippen LogP contribution in [0.25, 0.3) is 0 Å². The zero-order valence-electron chi connectivity index (χ0n) is 9.61. The van der Waals surface area contributed by atoms with E-state index in [1.807, 2.05) is 6.92 Å². The van der Waals surface area contributed by atoms with E-state index in [1.165, 1.54) is 6.26 Å². The lowest BCUT2D eigenvalue weighted by Gasteiger charge is -2.08. The van der Waals surface area contributed by atoms with Gasteiger partial charge in [-0.15, -0.1) is 0 Å². The number of sulfone groups is 1. The van der Waals surface area contributed by atoms with Crippen LogP contribution < -0.4 is 10.6 Å². The second kappa shape index (κ2) is 5.11. The number of hydrogen-bond donors (Lipinski definition) is 2. The van der Waals surface area contributed by atoms with Gasteiger partial charge in [0.15, 0.2) is 0 Å². The minimum absolute atomic E-state index is 0.0886. The lowest BCUT2D eigenvalue weighted by molar-refractivity contribution is 0.602. The van der Waals surface area contributed by atoms with Crippen LogP contribution in [0.3, 0.4) is 0 Å². The Balaban J connectivity index is 2.66. The zero-order chi connectivity index (χ0) is 12.2. The Kier molecular flexibility index (Phi) is 4.05. The van der Waals surface area contributed by atoms with Crippen LogP contribution in [-0.2, 0) is 9.84 Å². The zero-order valence-corrected chi connectivity index (χ0v) is 10.4. The van der Waals surface area contributed by atoms with Gasteiger partial charge in [0.05, 0.1) is 5.75 Å². The van der Waals surface area contributed by atoms with Gasteiger partial charge < -0.3 is 10.6 Å². The van der Waals surface area contributed by atoms with Gasteiger partial charge in [0.1, 0.15) is 15.7 Å². The van der Waals surface area contributed by atoms with Gasteiger partial charge in [-0.25, -0.2) is 13.4 Å². The molecule has 0 saturated carbocycles. The molecule has 1 heterocycles. The van der Waals surface area contributed by atoms with Crippen molar-refractivity contribution in [3.05, 3.63) is 11.8 Å². The largest absolute Gasteiger partial charge is 0.369 e. The maximum absolute atomic E-state index is 10.9. The van der Waals surface area contributed by atoms with Crippen LogP contribution in [0.4, 0.5) is 11.8 Å². The predicted octanol–water partition coefficient (Wildman–Crippen LogP) is 0.283. The van der Waals surface area contributed by atoms with E-state index in [-0.39, 0.29) is 5.75 Å². The molecule has 0 bridgehead atoms. The van der Waals surface area contributed by atoms with E-state index in [0.717, 1.165) is 5.56 Å². The molecule has 0 spiro atoms. The number of aromatic nitrogens is 2. The average molecular weight is 244 g/mol. The molecule has 0 aliphatic carbocycles. The quantitative estimate of drug-likeness (QED) is 0.774. The Morgan fingerprint density at radius 1 is 1.44 bits per heavy atom. The Bertz CT molecular complexity index is 459. The molecular weight excluding hydrogens is 228 g/mol. The normalized spacial score (nSPS) is 11.2. The van der Waals surface area contributed by atoms with Crippen LogP contribution in [0.2, 0.25) is 0 Å². The summed E-state index contributed by atoms with van der Waals surface area (Å²) in [4.78, 5) is 8.22. The monoisotopic (exact) mass is 244 g/mol. The molecule has 0 saturated heterocycles. The molecule has 0 amide bonds. The fourth-order valence-corrected chi connectivity index (χ4v) is 1.57. The first-order valence-electron chi connectivity index (χ1n) is 4.85. The summed E-state index contributed by atoms with van der Waals surface area (Å²) in [5, 5.41) is 5.79. The molecule has 1 rings (SSSR count). The van der Waals surface area contributed by atoms with Crippen molar-refractivity contribution >= 4 is 21.6 Å². The molecule has 0 fully saturated rings. The lowest BCUT2D eigenvalue weighted by Crippen LogP contribution is -2.16. The van der Waals surface area contributed by atoms with Crippen molar-refractivity contribution in [3.8, 4) is 0 Å². The van der Waals surface area contributed by atoms with Crippen molar-refractivity contribution in [1.29, 1.82) is 0 Å². The highest BCUT2D eigenvalue weighted by Crippen LogP contribution is 2.11. The first kappa shape index (κ1) is 12.7. The Labute approximate surface area is 95.4 Å². The van der Waals surface area contributed by atoms with Gasteiger partial charge in [-0.3, -0.25) is 0 Å². The number of nitrogens with zero attached hydrogens (tertiary/aromatic N) is 2. The van der Waals surface area contributed by atoms with Gasteiger partial charge in [0.25, 0.3) is 0 Å². The Morgan fingerprint density at radius 2 is 2.12 bits per heavy atom. The summed E-state index contributed by atoms with van der Waals surface area (Å²) in [6, 6.07) is 0. The van der Waals surface area contributed by atoms with E-state index >= 15 is 0 Å². The van der Waals surface area contributed by atoms with Crippen molar-refractivity contribution < 1.29 is 8.42 Å². The van der Waals surface area contributed by atoms with Crippen molar-refractivity contribution in [2.24, 2.45) is 0 Å². The first-order chi connectivity index (χ1) is 7.42. The molecule has 90 valence electrons. The fourth-order valence-electron chi connectivity index (χ4n) is 1.10. The molecule has 0 atom stereocenters. The van der Waals surface area contributed by atoms with Gasteiger partial charge >= 0.3 is 0 Å². The summed E-state index contributed by atoms with van der Waals surface area (Å²) in [7, 11) is -1.22. The Morgan fingerprint density at radius 3 is 2.69 bits per heavy atom. The van der Waals surface area contributed by atoms with Gasteiger partial charge in [-0.1, -0.05) is 0 Å². The summed E-state index contributed by atoms with van der Waals surface area (Å²) < 4.78 is 21.9. The third-order valence-electron chi connectivity index (χ3n) is 1.96. The number of anilines is 2. The first-order valence-corrected chi connectivity index (χ1v) is 6.91. The molecule has 0 unspecified atom stereocenters. The van der Waals surface area contributed by atoms with Crippen LogP contribution >= 0.6 is 0 Å². The third-order valence-corrected chi connectivity index (χ3v) is 2.91. The van der Waals surface area contributed by atoms with Gasteiger partial charge in [0, 0.05) is 31.6 Å². The minimum atomic E-state index is -2.94. The highest BCUT2D eigenvalue weighted by molar-refractivity contribution is 7.90. The maximum atomic E-state index is 10.9. The van der Waals surface area contributed by atoms with Crippen LogP contribution in [-0.4, -0.2) is 44.0 Å². The topological polar surface area (TPSA) is 84.0 Å². The van der Waals surface area contributed by atoms with Crippen LogP contribution in [0, 0.1) is 6.92 Å². The van der Waals surface area contributed by atoms with E-state index in [9.17, 15) is 8.42 Å². The maximum Gasteiger partial charge on any atom is 0.224 e. The number of aryl methyl sites for hydroxylation is 1. The Hall–Kier alpha value is -1.37. The van der Waals surface area contributed by atoms with E-state index < -0.39 is 9.84 Å². The van der Waals surface area contributed by atoms with Crippen molar-refractivity contribution in [2.75, 3.05) is 36.2 Å². The van der Waals surface area contributed by atoms with Gasteiger partial charge in [0.2, 0.25) is 5.95 Å². The summed E-state index contributed by atoms with van der Waals surface area (Å²) in [5.41, 5.74) is 0.882. The van der Waals surface area contributed by atoms with Crippen LogP contribution in [0.1, 0.15) is 5.56 Å². The molecule has 16 heavy (non-hydrogen) atoms. The number of nitrogens with one attached hydrogen (secondary N) is 2. The molecule has 0 aromatic carbocycles. The molecule has 2 N–H and O–H groups in total. The van der Waals surface area contributed by atoms with Crippen molar-refractivity contribution in [1.82, 2.24) is 9.97 Å². The smallest absolute Gasteiger partial charge is 0.224 e. The second-order valence-electron chi connectivity index (χ2n) is 3.53. The van der Waals surface area contributed by atoms with Crippen molar-refractivity contribution in [2.45, 2.75) is 6.92 Å². The lowest BCUT2D eigenvalue weighted by atomic mass is 10.3.